The van der Waals surface area contributed by atoms with Crippen LogP contribution in [0.5, 0.6) is 0 Å². The van der Waals surface area contributed by atoms with Crippen molar-refractivity contribution < 1.29 is 0 Å². The van der Waals surface area contributed by atoms with Gasteiger partial charge in [-0.05, 0) is 39.9 Å². The molecule has 1 heteroatoms. The first-order valence-electron chi connectivity index (χ1n) is 6.50. The SMILES string of the molecule is CC1(I)c2ccccc2-c2c1ccc1ccccc21. The first kappa shape index (κ1) is 11.5. The van der Waals surface area contributed by atoms with E-state index in [0.29, 0.717) is 0 Å². The topological polar surface area (TPSA) is 0 Å². The second-order valence-electron chi connectivity index (χ2n) is 5.26. The van der Waals surface area contributed by atoms with E-state index in [-0.39, 0.29) is 3.42 Å². The monoisotopic (exact) mass is 356 g/mol. The Kier molecular flexibility index (Phi) is 2.31. The quantitative estimate of drug-likeness (QED) is 0.368. The maximum atomic E-state index is 2.58. The van der Waals surface area contributed by atoms with Gasteiger partial charge in [-0.3, -0.25) is 0 Å². The minimum Gasteiger partial charge on any atom is -0.0686 e. The van der Waals surface area contributed by atoms with Gasteiger partial charge < -0.3 is 0 Å². The molecule has 3 aromatic rings. The molecule has 1 aliphatic rings. The van der Waals surface area contributed by atoms with Crippen molar-refractivity contribution in [1.82, 2.24) is 0 Å². The van der Waals surface area contributed by atoms with Crippen molar-refractivity contribution in [2.24, 2.45) is 0 Å². The maximum Gasteiger partial charge on any atom is 0.0702 e. The van der Waals surface area contributed by atoms with E-state index in [9.17, 15) is 0 Å². The lowest BCUT2D eigenvalue weighted by Crippen LogP contribution is -2.09. The van der Waals surface area contributed by atoms with Gasteiger partial charge in [-0.1, -0.05) is 83.3 Å². The molecule has 0 N–H and O–H groups in total. The number of alkyl halides is 1. The average molecular weight is 356 g/mol. The molecule has 0 aliphatic heterocycles. The number of benzene rings is 3. The number of rotatable bonds is 0. The Morgan fingerprint density at radius 1 is 0.789 bits per heavy atom. The van der Waals surface area contributed by atoms with E-state index in [4.69, 9.17) is 0 Å². The highest BCUT2D eigenvalue weighted by Crippen LogP contribution is 2.54. The van der Waals surface area contributed by atoms with Crippen LogP contribution in [-0.2, 0) is 3.42 Å². The fourth-order valence-corrected chi connectivity index (χ4v) is 4.13. The summed E-state index contributed by atoms with van der Waals surface area (Å²) in [5.74, 6) is 0. The molecule has 92 valence electrons. The molecule has 1 unspecified atom stereocenters. The summed E-state index contributed by atoms with van der Waals surface area (Å²) in [4.78, 5) is 0. The normalized spacial score (nSPS) is 20.3. The largest absolute Gasteiger partial charge is 0.0702 e. The van der Waals surface area contributed by atoms with Gasteiger partial charge in [-0.25, -0.2) is 0 Å². The van der Waals surface area contributed by atoms with Gasteiger partial charge in [0.05, 0.1) is 3.42 Å². The zero-order valence-electron chi connectivity index (χ0n) is 10.7. The number of halogens is 1. The van der Waals surface area contributed by atoms with Gasteiger partial charge in [0, 0.05) is 0 Å². The third-order valence-corrected chi connectivity index (χ3v) is 5.30. The molecular formula is C18H13I. The fourth-order valence-electron chi connectivity index (χ4n) is 3.21. The molecule has 0 spiro atoms. The molecule has 3 aromatic carbocycles. The summed E-state index contributed by atoms with van der Waals surface area (Å²) < 4.78 is 0.0771. The van der Waals surface area contributed by atoms with Crippen LogP contribution in [0.15, 0.2) is 60.7 Å². The van der Waals surface area contributed by atoms with E-state index in [1.165, 1.54) is 33.0 Å². The van der Waals surface area contributed by atoms with E-state index in [0.717, 1.165) is 0 Å². The Bertz CT molecular complexity index is 800. The summed E-state index contributed by atoms with van der Waals surface area (Å²) in [6.45, 7) is 2.31. The van der Waals surface area contributed by atoms with E-state index in [1.807, 2.05) is 0 Å². The summed E-state index contributed by atoms with van der Waals surface area (Å²) in [6, 6.07) is 22.0. The van der Waals surface area contributed by atoms with Crippen molar-refractivity contribution in [3.8, 4) is 11.1 Å². The fraction of sp³-hybridized carbons (Fsp3) is 0.111. The highest BCUT2D eigenvalue weighted by atomic mass is 127. The van der Waals surface area contributed by atoms with E-state index >= 15 is 0 Å². The standard InChI is InChI=1S/C18H13I/c1-18(19)15-9-5-4-8-14(15)17-13-7-3-2-6-12(13)10-11-16(17)18/h2-11H,1H3. The van der Waals surface area contributed by atoms with Crippen LogP contribution in [0.3, 0.4) is 0 Å². The van der Waals surface area contributed by atoms with Gasteiger partial charge in [0.15, 0.2) is 0 Å². The van der Waals surface area contributed by atoms with Crippen molar-refractivity contribution in [3.63, 3.8) is 0 Å². The van der Waals surface area contributed by atoms with Crippen LogP contribution in [0.1, 0.15) is 18.1 Å². The Morgan fingerprint density at radius 2 is 1.53 bits per heavy atom. The third kappa shape index (κ3) is 1.45. The molecule has 0 saturated heterocycles. The predicted octanol–water partition coefficient (Wildman–Crippen LogP) is 5.52. The molecule has 19 heavy (non-hydrogen) atoms. The van der Waals surface area contributed by atoms with Crippen molar-refractivity contribution in [3.05, 3.63) is 71.8 Å². The van der Waals surface area contributed by atoms with Crippen molar-refractivity contribution in [2.45, 2.75) is 10.3 Å². The molecule has 0 nitrogen and oxygen atoms in total. The first-order chi connectivity index (χ1) is 9.19. The van der Waals surface area contributed by atoms with E-state index < -0.39 is 0 Å². The lowest BCUT2D eigenvalue weighted by atomic mass is 9.96. The second kappa shape index (κ2) is 3.83. The van der Waals surface area contributed by atoms with Gasteiger partial charge in [-0.15, -0.1) is 0 Å². The number of hydrogen-bond acceptors (Lipinski definition) is 0. The van der Waals surface area contributed by atoms with Gasteiger partial charge in [0.2, 0.25) is 0 Å². The van der Waals surface area contributed by atoms with Crippen LogP contribution >= 0.6 is 22.6 Å². The Balaban J connectivity index is 2.22. The Morgan fingerprint density at radius 3 is 2.42 bits per heavy atom. The van der Waals surface area contributed by atoms with Crippen LogP contribution in [0, 0.1) is 0 Å². The smallest absolute Gasteiger partial charge is 0.0686 e. The molecule has 0 saturated carbocycles. The van der Waals surface area contributed by atoms with Crippen LogP contribution in [0.4, 0.5) is 0 Å². The summed E-state index contributed by atoms with van der Waals surface area (Å²) in [5, 5.41) is 2.69. The average Bonchev–Trinajstić information content (AvgIpc) is 2.68. The first-order valence-corrected chi connectivity index (χ1v) is 7.58. The molecule has 0 radical (unpaired) electrons. The molecule has 0 heterocycles. The second-order valence-corrected chi connectivity index (χ2v) is 7.42. The third-order valence-electron chi connectivity index (χ3n) is 4.14. The van der Waals surface area contributed by atoms with Crippen molar-refractivity contribution in [1.29, 1.82) is 0 Å². The number of hydrogen-bond donors (Lipinski definition) is 0. The van der Waals surface area contributed by atoms with E-state index in [1.54, 1.807) is 0 Å². The molecule has 1 atom stereocenters. The molecule has 1 aliphatic carbocycles. The van der Waals surface area contributed by atoms with Crippen molar-refractivity contribution >= 4 is 33.4 Å². The number of fused-ring (bicyclic) bond motifs is 5. The summed E-state index contributed by atoms with van der Waals surface area (Å²) in [6.07, 6.45) is 0. The molecule has 4 rings (SSSR count). The molecule has 0 fully saturated rings. The molecular weight excluding hydrogens is 343 g/mol. The minimum atomic E-state index is 0.0771. The van der Waals surface area contributed by atoms with Crippen LogP contribution < -0.4 is 0 Å². The lowest BCUT2D eigenvalue weighted by Gasteiger charge is -2.19. The summed E-state index contributed by atoms with van der Waals surface area (Å²) in [5.41, 5.74) is 5.69. The summed E-state index contributed by atoms with van der Waals surface area (Å²) >= 11 is 2.58. The van der Waals surface area contributed by atoms with Gasteiger partial charge in [-0.2, -0.15) is 0 Å². The summed E-state index contributed by atoms with van der Waals surface area (Å²) in [7, 11) is 0. The Labute approximate surface area is 126 Å². The Hall–Kier alpha value is -1.35. The highest BCUT2D eigenvalue weighted by Gasteiger charge is 2.37. The van der Waals surface area contributed by atoms with Crippen LogP contribution in [-0.4, -0.2) is 0 Å². The maximum absolute atomic E-state index is 2.58. The predicted molar refractivity (Wildman–Crippen MR) is 89.9 cm³/mol. The highest BCUT2D eigenvalue weighted by molar-refractivity contribution is 14.1. The van der Waals surface area contributed by atoms with Gasteiger partial charge in [0.1, 0.15) is 0 Å². The van der Waals surface area contributed by atoms with Gasteiger partial charge >= 0.3 is 0 Å². The minimum absolute atomic E-state index is 0.0771. The van der Waals surface area contributed by atoms with Crippen LogP contribution in [0.25, 0.3) is 21.9 Å². The van der Waals surface area contributed by atoms with Gasteiger partial charge in [0.25, 0.3) is 0 Å². The lowest BCUT2D eigenvalue weighted by molar-refractivity contribution is 0.916. The van der Waals surface area contributed by atoms with Crippen molar-refractivity contribution in [2.75, 3.05) is 0 Å². The zero-order chi connectivity index (χ0) is 13.0. The molecule has 0 amide bonds. The zero-order valence-corrected chi connectivity index (χ0v) is 12.8. The van der Waals surface area contributed by atoms with E-state index in [2.05, 4.69) is 90.2 Å². The molecule has 0 aromatic heterocycles. The van der Waals surface area contributed by atoms with Crippen LogP contribution in [0.2, 0.25) is 0 Å². The molecule has 0 bridgehead atoms.